The number of aromatic nitrogens is 1. The average molecular weight is 441 g/mol. The van der Waals surface area contributed by atoms with E-state index in [-0.39, 0.29) is 34.9 Å². The number of benzene rings is 1. The first-order chi connectivity index (χ1) is 14.5. The van der Waals surface area contributed by atoms with Gasteiger partial charge in [-0.05, 0) is 38.1 Å². The van der Waals surface area contributed by atoms with Crippen LogP contribution in [0.3, 0.4) is 0 Å². The first-order valence-corrected chi connectivity index (χ1v) is 10.7. The van der Waals surface area contributed by atoms with Gasteiger partial charge in [0.15, 0.2) is 0 Å². The van der Waals surface area contributed by atoms with Crippen molar-refractivity contribution < 1.29 is 9.53 Å². The lowest BCUT2D eigenvalue weighted by Gasteiger charge is -2.63. The van der Waals surface area contributed by atoms with Gasteiger partial charge in [-0.1, -0.05) is 39.3 Å². The Labute approximate surface area is 189 Å². The SMILES string of the molecule is CC(C)Nc1ccc(C(=O)NC2C(C)(C)C(Oc3ccc(C#N)c(Cl)c3)C2(C)C)cn1. The van der Waals surface area contributed by atoms with Crippen molar-refractivity contribution in [1.82, 2.24) is 10.3 Å². The molecular weight excluding hydrogens is 412 g/mol. The summed E-state index contributed by atoms with van der Waals surface area (Å²) in [6.45, 7) is 12.4. The Bertz CT molecular complexity index is 993. The zero-order valence-electron chi connectivity index (χ0n) is 18.8. The van der Waals surface area contributed by atoms with E-state index in [9.17, 15) is 4.79 Å². The predicted molar refractivity (Wildman–Crippen MR) is 122 cm³/mol. The number of pyridine rings is 1. The van der Waals surface area contributed by atoms with Gasteiger partial charge < -0.3 is 15.4 Å². The minimum Gasteiger partial charge on any atom is -0.489 e. The predicted octanol–water partition coefficient (Wildman–Crippen LogP) is 5.04. The van der Waals surface area contributed by atoms with Crippen molar-refractivity contribution in [3.05, 3.63) is 52.7 Å². The maximum Gasteiger partial charge on any atom is 0.253 e. The molecule has 2 aromatic rings. The topological polar surface area (TPSA) is 87.0 Å². The Kier molecular flexibility index (Phi) is 6.20. The van der Waals surface area contributed by atoms with Crippen molar-refractivity contribution in [3.63, 3.8) is 0 Å². The summed E-state index contributed by atoms with van der Waals surface area (Å²) in [6.07, 6.45) is 1.44. The van der Waals surface area contributed by atoms with E-state index in [0.29, 0.717) is 21.9 Å². The first-order valence-electron chi connectivity index (χ1n) is 10.4. The summed E-state index contributed by atoms with van der Waals surface area (Å²) in [7, 11) is 0. The van der Waals surface area contributed by atoms with Crippen LogP contribution in [0.5, 0.6) is 5.75 Å². The number of rotatable bonds is 6. The summed E-state index contributed by atoms with van der Waals surface area (Å²) in [6, 6.07) is 10.9. The van der Waals surface area contributed by atoms with E-state index in [1.54, 1.807) is 30.5 Å². The lowest BCUT2D eigenvalue weighted by molar-refractivity contribution is -0.164. The van der Waals surface area contributed by atoms with Crippen molar-refractivity contribution in [3.8, 4) is 11.8 Å². The summed E-state index contributed by atoms with van der Waals surface area (Å²) in [5.74, 6) is 1.19. The normalized spacial score (nSPS) is 21.0. The Morgan fingerprint density at radius 1 is 1.19 bits per heavy atom. The van der Waals surface area contributed by atoms with Crippen LogP contribution in [0, 0.1) is 22.2 Å². The molecule has 0 aliphatic heterocycles. The standard InChI is InChI=1S/C24H29ClN4O2/c1-14(2)28-19-10-8-16(13-27-19)20(30)29-21-23(3,4)22(24(21,5)6)31-17-9-7-15(12-26)18(25)11-17/h7-11,13-14,21-22H,1-6H3,(H,27,28)(H,29,30). The van der Waals surface area contributed by atoms with Crippen LogP contribution < -0.4 is 15.4 Å². The van der Waals surface area contributed by atoms with Crippen LogP contribution in [0.1, 0.15) is 57.5 Å². The number of carbonyl (C=O) groups is 1. The lowest BCUT2D eigenvalue weighted by atomic mass is 9.49. The van der Waals surface area contributed by atoms with E-state index >= 15 is 0 Å². The Morgan fingerprint density at radius 2 is 1.87 bits per heavy atom. The van der Waals surface area contributed by atoms with Crippen molar-refractivity contribution in [2.24, 2.45) is 10.8 Å². The molecule has 1 aromatic carbocycles. The minimum atomic E-state index is -0.313. The molecule has 2 N–H and O–H groups in total. The van der Waals surface area contributed by atoms with Gasteiger partial charge >= 0.3 is 0 Å². The highest BCUT2D eigenvalue weighted by Crippen LogP contribution is 2.55. The van der Waals surface area contributed by atoms with Gasteiger partial charge in [-0.2, -0.15) is 5.26 Å². The Balaban J connectivity index is 1.71. The zero-order chi connectivity index (χ0) is 23.0. The van der Waals surface area contributed by atoms with Gasteiger partial charge in [-0.15, -0.1) is 0 Å². The number of nitrogens with one attached hydrogen (secondary N) is 2. The number of nitrogens with zero attached hydrogens (tertiary/aromatic N) is 2. The summed E-state index contributed by atoms with van der Waals surface area (Å²) in [4.78, 5) is 17.2. The molecule has 3 rings (SSSR count). The summed E-state index contributed by atoms with van der Waals surface area (Å²) >= 11 is 6.15. The van der Waals surface area contributed by atoms with E-state index in [2.05, 4.69) is 43.3 Å². The number of ether oxygens (including phenoxy) is 1. The molecule has 0 spiro atoms. The van der Waals surface area contributed by atoms with Gasteiger partial charge in [0.2, 0.25) is 0 Å². The smallest absolute Gasteiger partial charge is 0.253 e. The molecule has 1 aromatic heterocycles. The quantitative estimate of drug-likeness (QED) is 0.657. The van der Waals surface area contributed by atoms with Gasteiger partial charge in [0.25, 0.3) is 5.91 Å². The Morgan fingerprint density at radius 3 is 2.39 bits per heavy atom. The van der Waals surface area contributed by atoms with Crippen LogP contribution in [0.15, 0.2) is 36.5 Å². The first kappa shape index (κ1) is 22.9. The average Bonchev–Trinajstić information content (AvgIpc) is 2.70. The van der Waals surface area contributed by atoms with Crippen LogP contribution in [-0.4, -0.2) is 29.1 Å². The molecule has 1 aliphatic carbocycles. The van der Waals surface area contributed by atoms with Crippen molar-refractivity contribution in [2.45, 2.75) is 59.7 Å². The largest absolute Gasteiger partial charge is 0.489 e. The van der Waals surface area contributed by atoms with Gasteiger partial charge in [-0.3, -0.25) is 4.79 Å². The third-order valence-electron chi connectivity index (χ3n) is 5.89. The second kappa shape index (κ2) is 8.39. The van der Waals surface area contributed by atoms with Crippen LogP contribution in [0.4, 0.5) is 5.82 Å². The molecule has 6 nitrogen and oxygen atoms in total. The molecule has 0 bridgehead atoms. The number of nitriles is 1. The van der Waals surface area contributed by atoms with Crippen molar-refractivity contribution in [1.29, 1.82) is 5.26 Å². The molecule has 31 heavy (non-hydrogen) atoms. The molecule has 0 saturated heterocycles. The van der Waals surface area contributed by atoms with E-state index in [4.69, 9.17) is 21.6 Å². The van der Waals surface area contributed by atoms with Gasteiger partial charge in [-0.25, -0.2) is 4.98 Å². The molecule has 1 saturated carbocycles. The molecule has 164 valence electrons. The van der Waals surface area contributed by atoms with Crippen molar-refractivity contribution >= 4 is 23.3 Å². The highest BCUT2D eigenvalue weighted by molar-refractivity contribution is 6.31. The number of halogens is 1. The second-order valence-electron chi connectivity index (χ2n) is 9.53. The van der Waals surface area contributed by atoms with E-state index < -0.39 is 0 Å². The fraction of sp³-hybridized carbons (Fsp3) is 0.458. The van der Waals surface area contributed by atoms with E-state index in [1.807, 2.05) is 26.0 Å². The monoisotopic (exact) mass is 440 g/mol. The molecule has 0 atom stereocenters. The molecule has 1 heterocycles. The number of carbonyl (C=O) groups excluding carboxylic acids is 1. The van der Waals surface area contributed by atoms with E-state index in [1.165, 1.54) is 0 Å². The molecule has 1 fully saturated rings. The fourth-order valence-electron chi connectivity index (χ4n) is 4.72. The summed E-state index contributed by atoms with van der Waals surface area (Å²) < 4.78 is 6.27. The second-order valence-corrected chi connectivity index (χ2v) is 9.94. The third kappa shape index (κ3) is 4.47. The highest BCUT2D eigenvalue weighted by Gasteiger charge is 2.64. The maximum absolute atomic E-state index is 12.9. The highest BCUT2D eigenvalue weighted by atomic mass is 35.5. The molecule has 1 aliphatic rings. The van der Waals surface area contributed by atoms with Crippen LogP contribution in [0.25, 0.3) is 0 Å². The maximum atomic E-state index is 12.9. The Hall–Kier alpha value is -2.78. The third-order valence-corrected chi connectivity index (χ3v) is 6.20. The van der Waals surface area contributed by atoms with Crippen LogP contribution in [0.2, 0.25) is 5.02 Å². The summed E-state index contributed by atoms with van der Waals surface area (Å²) in [5.41, 5.74) is 0.303. The molecule has 0 unspecified atom stereocenters. The molecule has 1 amide bonds. The molecular formula is C24H29ClN4O2. The minimum absolute atomic E-state index is 0.0974. The number of anilines is 1. The molecule has 0 radical (unpaired) electrons. The molecule has 7 heteroatoms. The number of amides is 1. The zero-order valence-corrected chi connectivity index (χ0v) is 19.5. The van der Waals surface area contributed by atoms with Gasteiger partial charge in [0.05, 0.1) is 16.1 Å². The van der Waals surface area contributed by atoms with Crippen LogP contribution in [-0.2, 0) is 0 Å². The summed E-state index contributed by atoms with van der Waals surface area (Å²) in [5, 5.41) is 15.8. The van der Waals surface area contributed by atoms with Gasteiger partial charge in [0, 0.05) is 35.2 Å². The lowest BCUT2D eigenvalue weighted by Crippen LogP contribution is -2.74. The van der Waals surface area contributed by atoms with Gasteiger partial charge in [0.1, 0.15) is 23.7 Å². The number of hydrogen-bond donors (Lipinski definition) is 2. The van der Waals surface area contributed by atoms with Crippen LogP contribution >= 0.6 is 11.6 Å². The fourth-order valence-corrected chi connectivity index (χ4v) is 4.93. The number of hydrogen-bond acceptors (Lipinski definition) is 5. The van der Waals surface area contributed by atoms with E-state index in [0.717, 1.165) is 5.82 Å². The van der Waals surface area contributed by atoms with Crippen molar-refractivity contribution in [2.75, 3.05) is 5.32 Å².